The fourth-order valence-electron chi connectivity index (χ4n) is 2.11. The van der Waals surface area contributed by atoms with Gasteiger partial charge in [-0.25, -0.2) is 0 Å². The van der Waals surface area contributed by atoms with E-state index in [0.29, 0.717) is 29.1 Å². The fourth-order valence-corrected chi connectivity index (χ4v) is 2.42. The van der Waals surface area contributed by atoms with Crippen molar-refractivity contribution in [3.63, 3.8) is 0 Å². The van der Waals surface area contributed by atoms with Gasteiger partial charge in [0.15, 0.2) is 0 Å². The second-order valence-electron chi connectivity index (χ2n) is 5.18. The Bertz CT molecular complexity index is 475. The molecule has 0 aromatic heterocycles. The normalized spacial score (nSPS) is 15.9. The molecule has 1 aromatic rings. The highest BCUT2D eigenvalue weighted by Crippen LogP contribution is 2.26. The predicted octanol–water partition coefficient (Wildman–Crippen LogP) is 3.70. The van der Waals surface area contributed by atoms with E-state index in [1.807, 2.05) is 18.2 Å². The van der Waals surface area contributed by atoms with E-state index in [0.717, 1.165) is 24.8 Å². The van der Waals surface area contributed by atoms with E-state index in [1.165, 1.54) is 0 Å². The molecule has 0 saturated heterocycles. The van der Waals surface area contributed by atoms with E-state index >= 15 is 0 Å². The summed E-state index contributed by atoms with van der Waals surface area (Å²) in [5, 5.41) is 7.51. The van der Waals surface area contributed by atoms with Crippen molar-refractivity contribution in [2.75, 3.05) is 6.54 Å². The van der Waals surface area contributed by atoms with Crippen LogP contribution in [0.25, 0.3) is 0 Å². The predicted molar refractivity (Wildman–Crippen MR) is 83.3 cm³/mol. The fraction of sp³-hybridized carbons (Fsp3) is 0.533. The van der Waals surface area contributed by atoms with Crippen LogP contribution in [-0.2, 0) is 4.79 Å². The van der Waals surface area contributed by atoms with Gasteiger partial charge in [0.1, 0.15) is 0 Å². The first-order valence-electron chi connectivity index (χ1n) is 7.08. The minimum absolute atomic E-state index is 0.129. The zero-order chi connectivity index (χ0) is 14.5. The topological polar surface area (TPSA) is 41.1 Å². The van der Waals surface area contributed by atoms with Gasteiger partial charge in [-0.15, -0.1) is 0 Å². The molecule has 1 aromatic carbocycles. The smallest absolute Gasteiger partial charge is 0.221 e. The van der Waals surface area contributed by atoms with E-state index in [1.54, 1.807) is 0 Å². The maximum absolute atomic E-state index is 11.6. The second kappa shape index (κ2) is 7.30. The van der Waals surface area contributed by atoms with Crippen molar-refractivity contribution >= 4 is 29.1 Å². The van der Waals surface area contributed by atoms with Crippen molar-refractivity contribution in [1.82, 2.24) is 10.6 Å². The van der Waals surface area contributed by atoms with Crippen molar-refractivity contribution in [3.8, 4) is 0 Å². The number of hydrogen-bond donors (Lipinski definition) is 2. The number of carbonyl (C=O) groups excluding carboxylic acids is 1. The highest BCUT2D eigenvalue weighted by molar-refractivity contribution is 6.42. The zero-order valence-corrected chi connectivity index (χ0v) is 13.1. The van der Waals surface area contributed by atoms with Crippen molar-refractivity contribution < 1.29 is 4.79 Å². The summed E-state index contributed by atoms with van der Waals surface area (Å²) in [5.41, 5.74) is 1.10. The van der Waals surface area contributed by atoms with E-state index < -0.39 is 0 Å². The molecule has 0 radical (unpaired) electrons. The monoisotopic (exact) mass is 314 g/mol. The van der Waals surface area contributed by atoms with Crippen LogP contribution in [0.1, 0.15) is 44.2 Å². The van der Waals surface area contributed by atoms with Crippen LogP contribution in [-0.4, -0.2) is 18.5 Å². The molecule has 1 atom stereocenters. The summed E-state index contributed by atoms with van der Waals surface area (Å²) in [5.74, 6) is 0.129. The van der Waals surface area contributed by atoms with E-state index in [9.17, 15) is 4.79 Å². The van der Waals surface area contributed by atoms with Crippen molar-refractivity contribution in [3.05, 3.63) is 33.8 Å². The van der Waals surface area contributed by atoms with Crippen LogP contribution in [0.3, 0.4) is 0 Å². The number of halogens is 2. The molecule has 2 rings (SSSR count). The first-order chi connectivity index (χ1) is 9.60. The minimum atomic E-state index is 0.129. The number of carbonyl (C=O) groups is 1. The molecule has 1 aliphatic carbocycles. The number of amides is 1. The molecular weight excluding hydrogens is 295 g/mol. The zero-order valence-electron chi connectivity index (χ0n) is 11.6. The Kier molecular flexibility index (Phi) is 5.70. The van der Waals surface area contributed by atoms with Gasteiger partial charge in [0.05, 0.1) is 10.0 Å². The quantitative estimate of drug-likeness (QED) is 0.805. The molecule has 1 amide bonds. The standard InChI is InChI=1S/C15H20Cl2N2O/c1-2-14(10-3-6-12(16)13(17)9-10)18-8-7-15(20)19-11-4-5-11/h3,6,9,11,14,18H,2,4-5,7-8H2,1H3,(H,19,20). The van der Waals surface area contributed by atoms with Crippen molar-refractivity contribution in [1.29, 1.82) is 0 Å². The average molecular weight is 315 g/mol. The van der Waals surface area contributed by atoms with Gasteiger partial charge < -0.3 is 10.6 Å². The molecule has 1 aliphatic rings. The Balaban J connectivity index is 1.81. The molecule has 1 unspecified atom stereocenters. The largest absolute Gasteiger partial charge is 0.353 e. The highest BCUT2D eigenvalue weighted by Gasteiger charge is 2.22. The molecule has 0 aliphatic heterocycles. The molecule has 1 fully saturated rings. The third-order valence-corrected chi connectivity index (χ3v) is 4.18. The third kappa shape index (κ3) is 4.65. The van der Waals surface area contributed by atoms with E-state index in [4.69, 9.17) is 23.2 Å². The van der Waals surface area contributed by atoms with E-state index in [-0.39, 0.29) is 11.9 Å². The van der Waals surface area contributed by atoms with Gasteiger partial charge in [-0.05, 0) is 37.0 Å². The molecule has 0 spiro atoms. The van der Waals surface area contributed by atoms with Crippen LogP contribution in [0.2, 0.25) is 10.0 Å². The van der Waals surface area contributed by atoms with Crippen molar-refractivity contribution in [2.24, 2.45) is 0 Å². The van der Waals surface area contributed by atoms with Crippen LogP contribution in [0, 0.1) is 0 Å². The summed E-state index contributed by atoms with van der Waals surface area (Å²) in [6.07, 6.45) is 3.69. The average Bonchev–Trinajstić information content (AvgIpc) is 3.22. The molecule has 5 heteroatoms. The maximum Gasteiger partial charge on any atom is 0.221 e. The Labute approximate surface area is 130 Å². The lowest BCUT2D eigenvalue weighted by Crippen LogP contribution is -2.30. The van der Waals surface area contributed by atoms with Gasteiger partial charge in [0, 0.05) is 25.0 Å². The summed E-state index contributed by atoms with van der Waals surface area (Å²) < 4.78 is 0. The molecule has 1 saturated carbocycles. The second-order valence-corrected chi connectivity index (χ2v) is 5.99. The van der Waals surface area contributed by atoms with Gasteiger partial charge in [-0.3, -0.25) is 4.79 Å². The lowest BCUT2D eigenvalue weighted by atomic mass is 10.0. The highest BCUT2D eigenvalue weighted by atomic mass is 35.5. The number of hydrogen-bond acceptors (Lipinski definition) is 2. The molecule has 20 heavy (non-hydrogen) atoms. The molecule has 2 N–H and O–H groups in total. The van der Waals surface area contributed by atoms with Crippen LogP contribution in [0.5, 0.6) is 0 Å². The van der Waals surface area contributed by atoms with Gasteiger partial charge >= 0.3 is 0 Å². The van der Waals surface area contributed by atoms with Crippen molar-refractivity contribution in [2.45, 2.75) is 44.7 Å². The van der Waals surface area contributed by atoms with Crippen LogP contribution in [0.15, 0.2) is 18.2 Å². The molecule has 3 nitrogen and oxygen atoms in total. The summed E-state index contributed by atoms with van der Waals surface area (Å²) in [4.78, 5) is 11.6. The Hall–Kier alpha value is -0.770. The Morgan fingerprint density at radius 1 is 1.35 bits per heavy atom. The van der Waals surface area contributed by atoms with Crippen LogP contribution in [0.4, 0.5) is 0 Å². The Morgan fingerprint density at radius 3 is 2.70 bits per heavy atom. The van der Waals surface area contributed by atoms with Gasteiger partial charge in [-0.2, -0.15) is 0 Å². The van der Waals surface area contributed by atoms with Gasteiger partial charge in [0.2, 0.25) is 5.91 Å². The Morgan fingerprint density at radius 2 is 2.10 bits per heavy atom. The number of rotatable bonds is 7. The first kappa shape index (κ1) is 15.6. The SMILES string of the molecule is CCC(NCCC(=O)NC1CC1)c1ccc(Cl)c(Cl)c1. The molecule has 0 heterocycles. The third-order valence-electron chi connectivity index (χ3n) is 3.44. The first-order valence-corrected chi connectivity index (χ1v) is 7.83. The van der Waals surface area contributed by atoms with Gasteiger partial charge in [0.25, 0.3) is 0 Å². The van der Waals surface area contributed by atoms with Gasteiger partial charge in [-0.1, -0.05) is 36.2 Å². The summed E-state index contributed by atoms with van der Waals surface area (Å²) in [6, 6.07) is 6.29. The lowest BCUT2D eigenvalue weighted by molar-refractivity contribution is -0.121. The maximum atomic E-state index is 11.6. The minimum Gasteiger partial charge on any atom is -0.353 e. The number of benzene rings is 1. The summed E-state index contributed by atoms with van der Waals surface area (Å²) in [6.45, 7) is 2.77. The van der Waals surface area contributed by atoms with Crippen LogP contribution < -0.4 is 10.6 Å². The van der Waals surface area contributed by atoms with E-state index in [2.05, 4.69) is 17.6 Å². The molecule has 110 valence electrons. The van der Waals surface area contributed by atoms with Crippen LogP contribution >= 0.6 is 23.2 Å². The summed E-state index contributed by atoms with van der Waals surface area (Å²) >= 11 is 12.0. The molecular formula is C15H20Cl2N2O. The lowest BCUT2D eigenvalue weighted by Gasteiger charge is -2.18. The number of nitrogens with one attached hydrogen (secondary N) is 2. The summed E-state index contributed by atoms with van der Waals surface area (Å²) in [7, 11) is 0. The molecule has 0 bridgehead atoms.